The molecule has 20 heavy (non-hydrogen) atoms. The number of hydrogen-bond donors (Lipinski definition) is 1. The molecule has 1 saturated carbocycles. The fourth-order valence-corrected chi connectivity index (χ4v) is 3.33. The summed E-state index contributed by atoms with van der Waals surface area (Å²) < 4.78 is 1.91. The van der Waals surface area contributed by atoms with Gasteiger partial charge in [-0.05, 0) is 38.0 Å². The summed E-state index contributed by atoms with van der Waals surface area (Å²) >= 11 is 0. The number of nitrogens with one attached hydrogen (secondary N) is 1. The number of nitrogens with zero attached hydrogens (tertiary/aromatic N) is 4. The Bertz CT molecular complexity index is 427. The van der Waals surface area contributed by atoms with E-state index >= 15 is 0 Å². The van der Waals surface area contributed by atoms with Crippen molar-refractivity contribution in [2.45, 2.75) is 44.7 Å². The Morgan fingerprint density at radius 1 is 1.30 bits per heavy atom. The van der Waals surface area contributed by atoms with Crippen LogP contribution in [-0.2, 0) is 11.3 Å². The first-order valence-electron chi connectivity index (χ1n) is 7.65. The lowest BCUT2D eigenvalue weighted by atomic mass is 10.1. The topological polar surface area (TPSA) is 63.1 Å². The third-order valence-electron chi connectivity index (χ3n) is 4.45. The fraction of sp³-hybridized carbons (Fsp3) is 0.786. The minimum absolute atomic E-state index is 0.266. The molecule has 2 atom stereocenters. The Kier molecular flexibility index (Phi) is 4.30. The van der Waals surface area contributed by atoms with Crippen LogP contribution in [-0.4, -0.2) is 51.2 Å². The van der Waals surface area contributed by atoms with Crippen LogP contribution in [0.2, 0.25) is 0 Å². The van der Waals surface area contributed by atoms with Gasteiger partial charge in [0.05, 0.1) is 6.54 Å². The molecule has 1 aromatic heterocycles. The van der Waals surface area contributed by atoms with Gasteiger partial charge in [-0.25, -0.2) is 4.98 Å². The first-order chi connectivity index (χ1) is 9.81. The van der Waals surface area contributed by atoms with E-state index in [9.17, 15) is 4.79 Å². The van der Waals surface area contributed by atoms with E-state index in [-0.39, 0.29) is 5.91 Å². The molecule has 0 bridgehead atoms. The molecule has 6 nitrogen and oxygen atoms in total. The molecule has 110 valence electrons. The Morgan fingerprint density at radius 3 is 2.90 bits per heavy atom. The number of carbonyl (C=O) groups is 1. The molecule has 0 radical (unpaired) electrons. The van der Waals surface area contributed by atoms with Crippen molar-refractivity contribution in [1.29, 1.82) is 0 Å². The van der Waals surface area contributed by atoms with Gasteiger partial charge in [0, 0.05) is 25.7 Å². The van der Waals surface area contributed by atoms with Crippen LogP contribution in [0.3, 0.4) is 0 Å². The summed E-state index contributed by atoms with van der Waals surface area (Å²) in [5.74, 6) is 0.915. The van der Waals surface area contributed by atoms with Crippen LogP contribution in [0.4, 0.5) is 0 Å². The van der Waals surface area contributed by atoms with Gasteiger partial charge in [-0.2, -0.15) is 5.10 Å². The van der Waals surface area contributed by atoms with E-state index in [0.717, 1.165) is 45.3 Å². The number of amides is 1. The zero-order valence-electron chi connectivity index (χ0n) is 11.9. The van der Waals surface area contributed by atoms with Crippen LogP contribution in [0, 0.1) is 5.92 Å². The Hall–Kier alpha value is -1.43. The molecule has 1 aliphatic carbocycles. The molecule has 1 N–H and O–H groups in total. The van der Waals surface area contributed by atoms with Crippen LogP contribution in [0.15, 0.2) is 12.7 Å². The molecule has 2 aliphatic rings. The Morgan fingerprint density at radius 2 is 2.15 bits per heavy atom. The molecular weight excluding hydrogens is 254 g/mol. The Labute approximate surface area is 119 Å². The van der Waals surface area contributed by atoms with E-state index in [0.29, 0.717) is 18.5 Å². The van der Waals surface area contributed by atoms with Crippen molar-refractivity contribution >= 4 is 5.91 Å². The SMILES string of the molecule is O=C(CN[C@H]1CC[C@H](Cn2cncn2)C1)N1CCCC1. The van der Waals surface area contributed by atoms with E-state index in [1.807, 2.05) is 9.58 Å². The average molecular weight is 277 g/mol. The van der Waals surface area contributed by atoms with Gasteiger partial charge >= 0.3 is 0 Å². The molecule has 3 rings (SSSR count). The number of hydrogen-bond acceptors (Lipinski definition) is 4. The highest BCUT2D eigenvalue weighted by molar-refractivity contribution is 5.78. The van der Waals surface area contributed by atoms with E-state index in [4.69, 9.17) is 0 Å². The zero-order chi connectivity index (χ0) is 13.8. The summed E-state index contributed by atoms with van der Waals surface area (Å²) in [4.78, 5) is 17.9. The number of rotatable bonds is 5. The normalized spacial score (nSPS) is 26.3. The first kappa shape index (κ1) is 13.5. The maximum absolute atomic E-state index is 12.0. The van der Waals surface area contributed by atoms with Gasteiger partial charge in [0.15, 0.2) is 0 Å². The maximum Gasteiger partial charge on any atom is 0.236 e. The Balaban J connectivity index is 1.38. The van der Waals surface area contributed by atoms with Gasteiger partial charge in [0.2, 0.25) is 5.91 Å². The second kappa shape index (κ2) is 6.35. The van der Waals surface area contributed by atoms with Crippen LogP contribution < -0.4 is 5.32 Å². The minimum Gasteiger partial charge on any atom is -0.342 e. The highest BCUT2D eigenvalue weighted by Gasteiger charge is 2.26. The zero-order valence-corrected chi connectivity index (χ0v) is 11.9. The molecule has 0 spiro atoms. The van der Waals surface area contributed by atoms with Crippen molar-refractivity contribution in [3.63, 3.8) is 0 Å². The van der Waals surface area contributed by atoms with Gasteiger partial charge in [-0.3, -0.25) is 9.48 Å². The lowest BCUT2D eigenvalue weighted by Gasteiger charge is -2.18. The van der Waals surface area contributed by atoms with E-state index < -0.39 is 0 Å². The molecule has 2 fully saturated rings. The van der Waals surface area contributed by atoms with Crippen LogP contribution in [0.5, 0.6) is 0 Å². The highest BCUT2D eigenvalue weighted by Crippen LogP contribution is 2.26. The molecule has 6 heteroatoms. The summed E-state index contributed by atoms with van der Waals surface area (Å²) in [5.41, 5.74) is 0. The van der Waals surface area contributed by atoms with Gasteiger partial charge in [0.25, 0.3) is 0 Å². The summed E-state index contributed by atoms with van der Waals surface area (Å²) in [7, 11) is 0. The lowest BCUT2D eigenvalue weighted by Crippen LogP contribution is -2.39. The second-order valence-electron chi connectivity index (χ2n) is 5.96. The van der Waals surface area contributed by atoms with Gasteiger partial charge in [-0.15, -0.1) is 0 Å². The van der Waals surface area contributed by atoms with Crippen LogP contribution in [0.25, 0.3) is 0 Å². The maximum atomic E-state index is 12.0. The van der Waals surface area contributed by atoms with Crippen molar-refractivity contribution in [2.75, 3.05) is 19.6 Å². The van der Waals surface area contributed by atoms with E-state index in [1.165, 1.54) is 6.42 Å². The summed E-state index contributed by atoms with van der Waals surface area (Å²) in [6.45, 7) is 3.33. The summed E-state index contributed by atoms with van der Waals surface area (Å²) in [6, 6.07) is 0.482. The highest BCUT2D eigenvalue weighted by atomic mass is 16.2. The fourth-order valence-electron chi connectivity index (χ4n) is 3.33. The standard InChI is InChI=1S/C14H23N5O/c20-14(18-5-1-2-6-18)8-16-13-4-3-12(7-13)9-19-11-15-10-17-19/h10-13,16H,1-9H2/t12-,13-/m0/s1. The molecule has 2 heterocycles. The summed E-state index contributed by atoms with van der Waals surface area (Å²) in [6.07, 6.45) is 9.18. The van der Waals surface area contributed by atoms with Crippen molar-refractivity contribution in [3.8, 4) is 0 Å². The van der Waals surface area contributed by atoms with Crippen LogP contribution in [0.1, 0.15) is 32.1 Å². The van der Waals surface area contributed by atoms with Crippen molar-refractivity contribution in [1.82, 2.24) is 25.0 Å². The number of likely N-dealkylation sites (tertiary alicyclic amines) is 1. The van der Waals surface area contributed by atoms with E-state index in [2.05, 4.69) is 15.4 Å². The monoisotopic (exact) mass is 277 g/mol. The van der Waals surface area contributed by atoms with E-state index in [1.54, 1.807) is 12.7 Å². The van der Waals surface area contributed by atoms with Gasteiger partial charge in [0.1, 0.15) is 12.7 Å². The quantitative estimate of drug-likeness (QED) is 0.859. The largest absolute Gasteiger partial charge is 0.342 e. The second-order valence-corrected chi connectivity index (χ2v) is 5.96. The van der Waals surface area contributed by atoms with Crippen LogP contribution >= 0.6 is 0 Å². The third kappa shape index (κ3) is 3.36. The predicted molar refractivity (Wildman–Crippen MR) is 75.0 cm³/mol. The van der Waals surface area contributed by atoms with Crippen molar-refractivity contribution in [2.24, 2.45) is 5.92 Å². The smallest absolute Gasteiger partial charge is 0.236 e. The lowest BCUT2D eigenvalue weighted by molar-refractivity contribution is -0.129. The third-order valence-corrected chi connectivity index (χ3v) is 4.45. The molecular formula is C14H23N5O. The minimum atomic E-state index is 0.266. The number of aromatic nitrogens is 3. The number of carbonyl (C=O) groups excluding carboxylic acids is 1. The average Bonchev–Trinajstić information content (AvgIpc) is 3.19. The molecule has 1 amide bonds. The first-order valence-corrected chi connectivity index (χ1v) is 7.65. The predicted octanol–water partition coefficient (Wildman–Crippen LogP) is 0.659. The van der Waals surface area contributed by atoms with Gasteiger partial charge in [-0.1, -0.05) is 0 Å². The molecule has 0 unspecified atom stereocenters. The molecule has 1 saturated heterocycles. The molecule has 0 aromatic carbocycles. The summed E-state index contributed by atoms with van der Waals surface area (Å²) in [5, 5.41) is 7.59. The van der Waals surface area contributed by atoms with Crippen molar-refractivity contribution < 1.29 is 4.79 Å². The molecule has 1 aliphatic heterocycles. The van der Waals surface area contributed by atoms with Gasteiger partial charge < -0.3 is 10.2 Å². The molecule has 1 aromatic rings. The van der Waals surface area contributed by atoms with Crippen molar-refractivity contribution in [3.05, 3.63) is 12.7 Å².